The van der Waals surface area contributed by atoms with E-state index in [2.05, 4.69) is 12.2 Å². The van der Waals surface area contributed by atoms with Crippen LogP contribution in [0.25, 0.3) is 0 Å². The molecule has 0 aliphatic heterocycles. The molecule has 1 aromatic carbocycles. The lowest BCUT2D eigenvalue weighted by Gasteiger charge is -2.57. The second kappa shape index (κ2) is 7.22. The second-order valence-corrected chi connectivity index (χ2v) is 12.5. The van der Waals surface area contributed by atoms with E-state index in [-0.39, 0.29) is 17.1 Å². The van der Waals surface area contributed by atoms with Gasteiger partial charge in [-0.2, -0.15) is 0 Å². The number of hydrogen-bond acceptors (Lipinski definition) is 4. The van der Waals surface area contributed by atoms with E-state index < -0.39 is 5.60 Å². The van der Waals surface area contributed by atoms with E-state index in [1.54, 1.807) is 12.1 Å². The molecule has 0 aromatic heterocycles. The Morgan fingerprint density at radius 2 is 1.78 bits per heavy atom. The number of anilines is 1. The molecule has 0 saturated heterocycles. The Labute approximate surface area is 192 Å². The molecule has 174 valence electrons. The third-order valence-corrected chi connectivity index (χ3v) is 10.7. The monoisotopic (exact) mass is 437 g/mol. The lowest BCUT2D eigenvalue weighted by atomic mass is 9.48. The van der Waals surface area contributed by atoms with Gasteiger partial charge in [0.1, 0.15) is 5.75 Å². The summed E-state index contributed by atoms with van der Waals surface area (Å²) in [5.74, 6) is 5.93. The average Bonchev–Trinajstić information content (AvgIpc) is 3.46. The summed E-state index contributed by atoms with van der Waals surface area (Å²) >= 11 is 0. The van der Waals surface area contributed by atoms with Gasteiger partial charge in [0.2, 0.25) is 0 Å². The van der Waals surface area contributed by atoms with Gasteiger partial charge in [0, 0.05) is 5.92 Å². The van der Waals surface area contributed by atoms with Crippen molar-refractivity contribution in [1.82, 2.24) is 0 Å². The van der Waals surface area contributed by atoms with Gasteiger partial charge in [-0.3, -0.25) is 4.79 Å². The first-order chi connectivity index (χ1) is 15.3. The van der Waals surface area contributed by atoms with Crippen molar-refractivity contribution in [2.24, 2.45) is 52.8 Å². The number of para-hydroxylation sites is 2. The van der Waals surface area contributed by atoms with Crippen molar-refractivity contribution in [2.45, 2.75) is 70.8 Å². The normalized spacial score (nSPS) is 48.7. The summed E-state index contributed by atoms with van der Waals surface area (Å²) in [5, 5.41) is 23.9. The number of phenols is 1. The molecule has 0 heterocycles. The van der Waals surface area contributed by atoms with Crippen LogP contribution in [0.5, 0.6) is 5.75 Å². The second-order valence-electron chi connectivity index (χ2n) is 12.5. The summed E-state index contributed by atoms with van der Waals surface area (Å²) in [7, 11) is 0. The van der Waals surface area contributed by atoms with E-state index in [0.717, 1.165) is 36.5 Å². The van der Waals surface area contributed by atoms with Crippen LogP contribution in [-0.4, -0.2) is 28.1 Å². The molecular formula is C28H39NO3. The van der Waals surface area contributed by atoms with Gasteiger partial charge in [-0.1, -0.05) is 19.1 Å². The Hall–Kier alpha value is -1.55. The van der Waals surface area contributed by atoms with Crippen LogP contribution in [0.1, 0.15) is 65.2 Å². The van der Waals surface area contributed by atoms with E-state index in [1.165, 1.54) is 38.5 Å². The van der Waals surface area contributed by atoms with E-state index >= 15 is 0 Å². The van der Waals surface area contributed by atoms with Crippen LogP contribution in [0, 0.1) is 52.8 Å². The molecule has 6 rings (SSSR count). The fourth-order valence-corrected chi connectivity index (χ4v) is 9.57. The highest BCUT2D eigenvalue weighted by atomic mass is 16.3. The fourth-order valence-electron chi connectivity index (χ4n) is 9.57. The maximum absolute atomic E-state index is 13.5. The van der Waals surface area contributed by atoms with Gasteiger partial charge in [-0.15, -0.1) is 0 Å². The van der Waals surface area contributed by atoms with Crippen LogP contribution in [0.15, 0.2) is 24.3 Å². The molecule has 10 atom stereocenters. The molecule has 0 bridgehead atoms. The Morgan fingerprint density at radius 3 is 2.59 bits per heavy atom. The summed E-state index contributed by atoms with van der Waals surface area (Å²) < 4.78 is 0. The molecule has 5 fully saturated rings. The molecule has 4 nitrogen and oxygen atoms in total. The van der Waals surface area contributed by atoms with Gasteiger partial charge >= 0.3 is 0 Å². The Morgan fingerprint density at radius 1 is 1.00 bits per heavy atom. The minimum atomic E-state index is -0.455. The van der Waals surface area contributed by atoms with Crippen LogP contribution in [-0.2, 0) is 4.79 Å². The van der Waals surface area contributed by atoms with Crippen molar-refractivity contribution >= 4 is 11.5 Å². The molecule has 0 radical (unpaired) electrons. The molecule has 5 aliphatic carbocycles. The van der Waals surface area contributed by atoms with Crippen molar-refractivity contribution in [3.05, 3.63) is 24.3 Å². The van der Waals surface area contributed by atoms with E-state index in [4.69, 9.17) is 0 Å². The third kappa shape index (κ3) is 3.15. The van der Waals surface area contributed by atoms with Crippen molar-refractivity contribution < 1.29 is 15.0 Å². The number of carbonyl (C=O) groups excluding carboxylic acids is 1. The molecule has 5 aliphatic rings. The summed E-state index contributed by atoms with van der Waals surface area (Å²) in [6.45, 7) is 4.81. The van der Waals surface area contributed by atoms with Gasteiger partial charge in [0.15, 0.2) is 5.78 Å². The number of nitrogens with one attached hydrogen (secondary N) is 1. The number of carbonyl (C=O) groups is 1. The molecule has 1 aromatic rings. The first kappa shape index (κ1) is 21.0. The fraction of sp³-hybridized carbons (Fsp3) is 0.750. The highest BCUT2D eigenvalue weighted by molar-refractivity contribution is 5.87. The molecule has 32 heavy (non-hydrogen) atoms. The van der Waals surface area contributed by atoms with E-state index in [0.29, 0.717) is 35.8 Å². The standard InChI is InChI=1S/C28H39NO3/c1-27(32)11-9-17-16(14-27)7-8-19-18(17)10-12-28(2)25(19)20-13-21(20)26(28)24(31)15-29-22-5-3-4-6-23(22)30/h3-6,16-21,25-26,29-30,32H,7-15H2,1-2H3/t16-,17+,18-,19-,20-,21+,25-,26-,27-,28+/m1/s1. The number of aliphatic hydroxyl groups is 1. The number of aromatic hydroxyl groups is 1. The van der Waals surface area contributed by atoms with Gasteiger partial charge < -0.3 is 15.5 Å². The Balaban J connectivity index is 1.19. The van der Waals surface area contributed by atoms with Gasteiger partial charge in [-0.25, -0.2) is 0 Å². The van der Waals surface area contributed by atoms with Crippen molar-refractivity contribution in [2.75, 3.05) is 11.9 Å². The molecule has 4 heteroatoms. The Bertz CT molecular complexity index is 912. The van der Waals surface area contributed by atoms with Crippen molar-refractivity contribution in [1.29, 1.82) is 0 Å². The number of fused-ring (bicyclic) bond motifs is 7. The molecule has 0 unspecified atom stereocenters. The zero-order valence-corrected chi connectivity index (χ0v) is 19.6. The van der Waals surface area contributed by atoms with Crippen LogP contribution in [0.3, 0.4) is 0 Å². The van der Waals surface area contributed by atoms with Gasteiger partial charge in [0.05, 0.1) is 17.8 Å². The summed E-state index contributed by atoms with van der Waals surface area (Å²) in [6, 6.07) is 7.20. The Kier molecular flexibility index (Phi) is 4.74. The lowest BCUT2D eigenvalue weighted by molar-refractivity contribution is -0.134. The highest BCUT2D eigenvalue weighted by Gasteiger charge is 2.70. The number of ketones is 1. The first-order valence-corrected chi connectivity index (χ1v) is 13.1. The predicted octanol–water partition coefficient (Wildman–Crippen LogP) is 5.25. The van der Waals surface area contributed by atoms with Crippen LogP contribution < -0.4 is 5.32 Å². The minimum Gasteiger partial charge on any atom is -0.506 e. The molecule has 5 saturated carbocycles. The summed E-state index contributed by atoms with van der Waals surface area (Å²) in [6.07, 6.45) is 9.46. The van der Waals surface area contributed by atoms with Crippen molar-refractivity contribution in [3.63, 3.8) is 0 Å². The number of Topliss-reactive ketones (excluding diaryl/α,β-unsaturated/α-hetero) is 1. The average molecular weight is 438 g/mol. The third-order valence-electron chi connectivity index (χ3n) is 10.7. The SMILES string of the molecule is C[C@@]1(O)CC[C@H]2[C@H](CC[C@@H]3[C@@H]2CC[C@@]2(C)[C@H]3[C@@H]3C[C@@H]3[C@@H]2C(=O)CNc2ccccc2O)C1. The van der Waals surface area contributed by atoms with E-state index in [9.17, 15) is 15.0 Å². The van der Waals surface area contributed by atoms with Gasteiger partial charge in [-0.05, 0) is 117 Å². The maximum Gasteiger partial charge on any atom is 0.155 e. The van der Waals surface area contributed by atoms with Crippen molar-refractivity contribution in [3.8, 4) is 5.75 Å². The zero-order valence-electron chi connectivity index (χ0n) is 19.6. The number of phenolic OH excluding ortho intramolecular Hbond substituents is 1. The zero-order chi connectivity index (χ0) is 22.3. The smallest absolute Gasteiger partial charge is 0.155 e. The van der Waals surface area contributed by atoms with Crippen LogP contribution in [0.2, 0.25) is 0 Å². The quantitative estimate of drug-likeness (QED) is 0.563. The number of rotatable bonds is 4. The highest BCUT2D eigenvalue weighted by Crippen LogP contribution is 2.74. The van der Waals surface area contributed by atoms with Crippen LogP contribution in [0.4, 0.5) is 5.69 Å². The molecule has 0 amide bonds. The largest absolute Gasteiger partial charge is 0.506 e. The molecule has 3 N–H and O–H groups in total. The maximum atomic E-state index is 13.5. The summed E-state index contributed by atoms with van der Waals surface area (Å²) in [5.41, 5.74) is 0.353. The number of benzene rings is 1. The summed E-state index contributed by atoms with van der Waals surface area (Å²) in [4.78, 5) is 13.5. The van der Waals surface area contributed by atoms with E-state index in [1.807, 2.05) is 19.1 Å². The molecule has 0 spiro atoms. The molecular weight excluding hydrogens is 398 g/mol. The minimum absolute atomic E-state index is 0.152. The lowest BCUT2D eigenvalue weighted by Crippen LogP contribution is -2.52. The predicted molar refractivity (Wildman–Crippen MR) is 125 cm³/mol. The topological polar surface area (TPSA) is 69.6 Å². The van der Waals surface area contributed by atoms with Gasteiger partial charge in [0.25, 0.3) is 0 Å². The van der Waals surface area contributed by atoms with Crippen LogP contribution >= 0.6 is 0 Å². The number of hydrogen-bond donors (Lipinski definition) is 3. The first-order valence-electron chi connectivity index (χ1n) is 13.1.